The third-order valence-corrected chi connectivity index (χ3v) is 16.6. The molecule has 0 saturated carbocycles. The first kappa shape index (κ1) is 70.9. The number of aryl methyl sites for hydroxylation is 1. The molecule has 0 amide bonds. The van der Waals surface area contributed by atoms with E-state index in [1.54, 1.807) is 40.2 Å². The summed E-state index contributed by atoms with van der Waals surface area (Å²) in [7, 11) is 0. The SMILES string of the molecule is CCOC(=O)CCCOc1cccc(OCCCC(=O)OCC)c1-c1c2nc(c(-c3cc(OCCCCCCn4ccnc4)ccc3C#Cc3ccc4nc[nH]c4c3)c3ccc([nH]3)c(-c3c(OCCCC(=O)OCC)cccc3OCCCC(=O)OCC)c3nc(cc4ccc1[nH]4)C=C3)C=C2. The molecule has 522 valence electrons. The molecular formula is C80H84N8O13. The van der Waals surface area contributed by atoms with Gasteiger partial charge in [0.1, 0.15) is 28.7 Å². The van der Waals surface area contributed by atoms with Crippen LogP contribution in [0.1, 0.15) is 139 Å². The first-order valence-corrected chi connectivity index (χ1v) is 34.8. The quantitative estimate of drug-likeness (QED) is 0.0144. The third kappa shape index (κ3) is 19.1. The summed E-state index contributed by atoms with van der Waals surface area (Å²) in [6.07, 6.45) is 21.1. The number of hydrogen-bond donors (Lipinski definition) is 3. The fourth-order valence-electron chi connectivity index (χ4n) is 11.9. The van der Waals surface area contributed by atoms with Crippen molar-refractivity contribution in [1.29, 1.82) is 0 Å². The number of carbonyl (C=O) groups is 4. The van der Waals surface area contributed by atoms with E-state index in [0.717, 1.165) is 48.8 Å². The van der Waals surface area contributed by atoms with E-state index in [-0.39, 0.29) is 102 Å². The van der Waals surface area contributed by atoms with Crippen molar-refractivity contribution in [1.82, 2.24) is 39.5 Å². The molecule has 8 bridgehead atoms. The van der Waals surface area contributed by atoms with Crippen LogP contribution in [0.3, 0.4) is 0 Å². The number of rotatable bonds is 35. The summed E-state index contributed by atoms with van der Waals surface area (Å²) in [6, 6.07) is 32.9. The zero-order valence-corrected chi connectivity index (χ0v) is 57.5. The van der Waals surface area contributed by atoms with Crippen LogP contribution >= 0.6 is 0 Å². The number of benzene rings is 4. The van der Waals surface area contributed by atoms with Gasteiger partial charge in [0, 0.05) is 100 Å². The third-order valence-electron chi connectivity index (χ3n) is 16.6. The fourth-order valence-corrected chi connectivity index (χ4v) is 11.9. The fraction of sp³-hybridized carbons (Fsp3) is 0.325. The number of unbranched alkanes of at least 4 members (excludes halogenated alkanes) is 3. The number of carbonyl (C=O) groups excluding carboxylic acids is 4. The summed E-state index contributed by atoms with van der Waals surface area (Å²) in [5, 5.41) is 0. The van der Waals surface area contributed by atoms with Crippen LogP contribution in [-0.2, 0) is 44.7 Å². The first-order valence-electron chi connectivity index (χ1n) is 34.8. The van der Waals surface area contributed by atoms with E-state index < -0.39 is 0 Å². The summed E-state index contributed by atoms with van der Waals surface area (Å²) in [6.45, 7) is 10.2. The molecule has 7 heterocycles. The van der Waals surface area contributed by atoms with Crippen molar-refractivity contribution in [2.45, 2.75) is 111 Å². The Morgan fingerprint density at radius 3 is 1.56 bits per heavy atom. The molecule has 4 aromatic carbocycles. The lowest BCUT2D eigenvalue weighted by Crippen LogP contribution is -2.08. The minimum atomic E-state index is -0.320. The highest BCUT2D eigenvalue weighted by Crippen LogP contribution is 2.46. The van der Waals surface area contributed by atoms with Crippen molar-refractivity contribution in [2.24, 2.45) is 0 Å². The number of aromatic amines is 3. The Morgan fingerprint density at radius 2 is 0.990 bits per heavy atom. The molecule has 0 saturated heterocycles. The molecule has 0 spiro atoms. The summed E-state index contributed by atoms with van der Waals surface area (Å²) >= 11 is 0. The van der Waals surface area contributed by atoms with Gasteiger partial charge < -0.3 is 62.2 Å². The van der Waals surface area contributed by atoms with Crippen molar-refractivity contribution in [3.8, 4) is 74.0 Å². The van der Waals surface area contributed by atoms with Gasteiger partial charge in [-0.05, 0) is 182 Å². The zero-order chi connectivity index (χ0) is 70.1. The van der Waals surface area contributed by atoms with Crippen LogP contribution in [0.25, 0.3) is 90.8 Å². The second-order valence-corrected chi connectivity index (χ2v) is 23.8. The molecule has 101 heavy (non-hydrogen) atoms. The summed E-state index contributed by atoms with van der Waals surface area (Å²) in [4.78, 5) is 81.0. The molecule has 3 N–H and O–H groups in total. The molecule has 21 heteroatoms. The van der Waals surface area contributed by atoms with Gasteiger partial charge in [0.05, 0.1) is 117 Å². The highest BCUT2D eigenvalue weighted by molar-refractivity contribution is 6.01. The van der Waals surface area contributed by atoms with Crippen LogP contribution in [0.4, 0.5) is 0 Å². The number of hydrogen-bond acceptors (Lipinski definition) is 17. The predicted molar refractivity (Wildman–Crippen MR) is 389 cm³/mol. The van der Waals surface area contributed by atoms with E-state index in [1.165, 1.54) is 0 Å². The lowest BCUT2D eigenvalue weighted by atomic mass is 9.97. The Hall–Kier alpha value is -11.4. The normalized spacial score (nSPS) is 11.4. The minimum Gasteiger partial charge on any atom is -0.494 e. The smallest absolute Gasteiger partial charge is 0.305 e. The van der Waals surface area contributed by atoms with Crippen LogP contribution in [0.15, 0.2) is 128 Å². The Morgan fingerprint density at radius 1 is 0.465 bits per heavy atom. The molecular weight excluding hydrogens is 1280 g/mol. The lowest BCUT2D eigenvalue weighted by molar-refractivity contribution is -0.144. The van der Waals surface area contributed by atoms with Crippen molar-refractivity contribution < 1.29 is 61.8 Å². The Balaban J connectivity index is 1.15. The maximum absolute atomic E-state index is 12.6. The molecule has 0 radical (unpaired) electrons. The van der Waals surface area contributed by atoms with E-state index in [9.17, 15) is 19.2 Å². The number of imidazole rings is 2. The largest absolute Gasteiger partial charge is 0.494 e. The monoisotopic (exact) mass is 1360 g/mol. The zero-order valence-electron chi connectivity index (χ0n) is 57.5. The van der Waals surface area contributed by atoms with Gasteiger partial charge in [-0.2, -0.15) is 0 Å². The van der Waals surface area contributed by atoms with Crippen LogP contribution in [0.5, 0.6) is 28.7 Å². The molecule has 2 aliphatic heterocycles. The molecule has 5 aromatic heterocycles. The van der Waals surface area contributed by atoms with Crippen molar-refractivity contribution in [3.63, 3.8) is 0 Å². The van der Waals surface area contributed by atoms with Crippen LogP contribution < -0.4 is 23.7 Å². The summed E-state index contributed by atoms with van der Waals surface area (Å²) in [5.41, 5.74) is 11.8. The Kier molecular flexibility index (Phi) is 25.2. The topological polar surface area (TPSA) is 255 Å². The second-order valence-electron chi connectivity index (χ2n) is 23.8. The molecule has 9 aromatic rings. The Bertz CT molecular complexity index is 4480. The van der Waals surface area contributed by atoms with Gasteiger partial charge in [0.25, 0.3) is 0 Å². The highest BCUT2D eigenvalue weighted by atomic mass is 16.5. The standard InChI is InChI=1S/C80H84N8O13/c1-5-93-72(89)23-15-45-98-68-19-13-20-69(99-46-16-24-73(90)94-6-2)79(68)77-63-35-31-56(84-63)50-57-32-36-64(85-57)78(80-70(100-47-17-25-74(91)95-7-3)21-14-22-71(80)101-48-18-26-75(92)96-8-4)66-40-38-62(87-66)76(61-37-39-65(77)86-61)59-51-58(97-44-12-10-9-11-42-88-43-41-81-53-88)33-30-55(59)29-27-54-28-34-60-67(49-54)83-52-82-60/h13-14,19-22,28,30-41,43,49-53,84,87H,5-12,15-18,23-26,42,44-48H2,1-4H3,(H,82,83). The molecule has 0 fully saturated rings. The molecule has 21 nitrogen and oxygen atoms in total. The van der Waals surface area contributed by atoms with Gasteiger partial charge in [0.2, 0.25) is 0 Å². The highest BCUT2D eigenvalue weighted by Gasteiger charge is 2.26. The van der Waals surface area contributed by atoms with E-state index in [2.05, 4.69) is 41.3 Å². The van der Waals surface area contributed by atoms with Gasteiger partial charge in [0.15, 0.2) is 0 Å². The number of nitrogens with one attached hydrogen (secondary N) is 3. The minimum absolute atomic E-state index is 0.154. The van der Waals surface area contributed by atoms with E-state index in [0.29, 0.717) is 145 Å². The number of esters is 4. The predicted octanol–water partition coefficient (Wildman–Crippen LogP) is 15.7. The summed E-state index contributed by atoms with van der Waals surface area (Å²) < 4.78 is 56.7. The van der Waals surface area contributed by atoms with E-state index in [4.69, 9.17) is 52.6 Å². The average molecular weight is 1370 g/mol. The summed E-state index contributed by atoms with van der Waals surface area (Å²) in [5.74, 6) is 8.25. The maximum atomic E-state index is 12.6. The first-order chi connectivity index (χ1) is 49.6. The number of H-pyrrole nitrogens is 3. The van der Waals surface area contributed by atoms with Gasteiger partial charge in [-0.15, -0.1) is 0 Å². The molecule has 0 atom stereocenters. The van der Waals surface area contributed by atoms with Crippen molar-refractivity contribution in [3.05, 3.63) is 162 Å². The van der Waals surface area contributed by atoms with Crippen LogP contribution in [0, 0.1) is 11.8 Å². The van der Waals surface area contributed by atoms with Crippen molar-refractivity contribution >= 4 is 81.3 Å². The number of aromatic nitrogens is 8. The van der Waals surface area contributed by atoms with Gasteiger partial charge in [-0.1, -0.05) is 36.8 Å². The maximum Gasteiger partial charge on any atom is 0.305 e. The molecule has 0 unspecified atom stereocenters. The second kappa shape index (κ2) is 35.9. The average Bonchev–Trinajstić information content (AvgIpc) is 1.65. The van der Waals surface area contributed by atoms with Crippen molar-refractivity contribution in [2.75, 3.05) is 59.5 Å². The number of ether oxygens (including phenoxy) is 9. The van der Waals surface area contributed by atoms with E-state index in [1.807, 2.05) is 140 Å². The van der Waals surface area contributed by atoms with Crippen LogP contribution in [-0.4, -0.2) is 123 Å². The Labute approximate surface area is 586 Å². The molecule has 11 rings (SSSR count). The lowest BCUT2D eigenvalue weighted by Gasteiger charge is -2.18. The van der Waals surface area contributed by atoms with Gasteiger partial charge in [-0.25, -0.2) is 19.9 Å². The number of nitrogens with zero attached hydrogens (tertiary/aromatic N) is 5. The molecule has 2 aliphatic rings. The van der Waals surface area contributed by atoms with Gasteiger partial charge in [-0.3, -0.25) is 19.2 Å². The van der Waals surface area contributed by atoms with E-state index >= 15 is 0 Å². The van der Waals surface area contributed by atoms with Gasteiger partial charge >= 0.3 is 23.9 Å². The molecule has 0 aliphatic carbocycles. The number of fused-ring (bicyclic) bond motifs is 9. The van der Waals surface area contributed by atoms with Crippen LogP contribution in [0.2, 0.25) is 0 Å².